The van der Waals surface area contributed by atoms with E-state index in [1.54, 1.807) is 12.1 Å². The molecule has 1 aromatic rings. The molecule has 0 radical (unpaired) electrons. The van der Waals surface area contributed by atoms with Crippen molar-refractivity contribution in [3.05, 3.63) is 29.8 Å². The van der Waals surface area contributed by atoms with Crippen molar-refractivity contribution in [3.8, 4) is 0 Å². The lowest BCUT2D eigenvalue weighted by Gasteiger charge is -2.11. The van der Waals surface area contributed by atoms with Crippen LogP contribution in [-0.2, 0) is 16.6 Å². The zero-order valence-corrected chi connectivity index (χ0v) is 11.5. The summed E-state index contributed by atoms with van der Waals surface area (Å²) in [6.07, 6.45) is 2.94. The second kappa shape index (κ2) is 5.82. The highest BCUT2D eigenvalue weighted by atomic mass is 32.2. The quantitative estimate of drug-likeness (QED) is 0.739. The Labute approximate surface area is 109 Å². The fourth-order valence-corrected chi connectivity index (χ4v) is 3.34. The van der Waals surface area contributed by atoms with E-state index in [9.17, 15) is 8.42 Å². The van der Waals surface area contributed by atoms with Crippen molar-refractivity contribution in [1.29, 1.82) is 0 Å². The Morgan fingerprint density at radius 2 is 2.00 bits per heavy atom. The fraction of sp³-hybridized carbons (Fsp3) is 0.538. The molecule has 0 heterocycles. The SMILES string of the molecule is CCCNCc1ccccc1S(=O)(=O)NC1CC1. The number of sulfonamides is 1. The normalized spacial score (nSPS) is 15.8. The summed E-state index contributed by atoms with van der Waals surface area (Å²) in [5, 5.41) is 3.24. The predicted molar refractivity (Wildman–Crippen MR) is 71.8 cm³/mol. The Morgan fingerprint density at radius 3 is 2.67 bits per heavy atom. The van der Waals surface area contributed by atoms with Gasteiger partial charge in [0.15, 0.2) is 0 Å². The van der Waals surface area contributed by atoms with Crippen molar-refractivity contribution < 1.29 is 8.42 Å². The average Bonchev–Trinajstić information content (AvgIpc) is 3.13. The van der Waals surface area contributed by atoms with Gasteiger partial charge in [-0.3, -0.25) is 0 Å². The van der Waals surface area contributed by atoms with E-state index < -0.39 is 10.0 Å². The Bertz CT molecular complexity index is 495. The summed E-state index contributed by atoms with van der Waals surface area (Å²) in [5.74, 6) is 0. The number of benzene rings is 1. The van der Waals surface area contributed by atoms with Gasteiger partial charge in [0.05, 0.1) is 4.90 Å². The Kier molecular flexibility index (Phi) is 4.37. The van der Waals surface area contributed by atoms with E-state index in [2.05, 4.69) is 17.0 Å². The van der Waals surface area contributed by atoms with Gasteiger partial charge in [0, 0.05) is 12.6 Å². The van der Waals surface area contributed by atoms with E-state index in [1.165, 1.54) is 0 Å². The smallest absolute Gasteiger partial charge is 0.241 e. The maximum atomic E-state index is 12.2. The minimum Gasteiger partial charge on any atom is -0.313 e. The first kappa shape index (κ1) is 13.5. The second-order valence-electron chi connectivity index (χ2n) is 4.68. The second-order valence-corrected chi connectivity index (χ2v) is 6.36. The largest absolute Gasteiger partial charge is 0.313 e. The third-order valence-electron chi connectivity index (χ3n) is 2.90. The molecule has 18 heavy (non-hydrogen) atoms. The summed E-state index contributed by atoms with van der Waals surface area (Å²) in [6.45, 7) is 3.57. The first-order valence-electron chi connectivity index (χ1n) is 6.44. The monoisotopic (exact) mass is 268 g/mol. The van der Waals surface area contributed by atoms with E-state index in [0.717, 1.165) is 31.4 Å². The molecule has 5 heteroatoms. The zero-order chi connectivity index (χ0) is 13.0. The average molecular weight is 268 g/mol. The van der Waals surface area contributed by atoms with Crippen LogP contribution in [0.3, 0.4) is 0 Å². The molecule has 1 aliphatic carbocycles. The van der Waals surface area contributed by atoms with Crippen LogP contribution in [0.15, 0.2) is 29.2 Å². The number of rotatable bonds is 7. The molecule has 0 aliphatic heterocycles. The van der Waals surface area contributed by atoms with Gasteiger partial charge in [0.1, 0.15) is 0 Å². The lowest BCUT2D eigenvalue weighted by molar-refractivity contribution is 0.578. The fourth-order valence-electron chi connectivity index (χ4n) is 1.80. The standard InChI is InChI=1S/C13H20N2O2S/c1-2-9-14-10-11-5-3-4-6-13(11)18(16,17)15-12-7-8-12/h3-6,12,14-15H,2,7-10H2,1H3. The molecular weight excluding hydrogens is 248 g/mol. The summed E-state index contributed by atoms with van der Waals surface area (Å²) < 4.78 is 27.1. The van der Waals surface area contributed by atoms with Crippen LogP contribution in [0, 0.1) is 0 Å². The van der Waals surface area contributed by atoms with Crippen molar-refractivity contribution in [2.45, 2.75) is 43.7 Å². The van der Waals surface area contributed by atoms with Crippen LogP contribution in [0.2, 0.25) is 0 Å². The van der Waals surface area contributed by atoms with Gasteiger partial charge in [-0.25, -0.2) is 13.1 Å². The summed E-state index contributed by atoms with van der Waals surface area (Å²) in [5.41, 5.74) is 0.833. The van der Waals surface area contributed by atoms with E-state index in [1.807, 2.05) is 12.1 Å². The molecule has 0 unspecified atom stereocenters. The van der Waals surface area contributed by atoms with E-state index in [-0.39, 0.29) is 6.04 Å². The molecule has 100 valence electrons. The van der Waals surface area contributed by atoms with Gasteiger partial charge in [-0.05, 0) is 37.4 Å². The van der Waals surface area contributed by atoms with Gasteiger partial charge in [-0.1, -0.05) is 25.1 Å². The Balaban J connectivity index is 2.15. The maximum Gasteiger partial charge on any atom is 0.241 e. The Hall–Kier alpha value is -0.910. The summed E-state index contributed by atoms with van der Waals surface area (Å²) >= 11 is 0. The molecule has 0 atom stereocenters. The van der Waals surface area contributed by atoms with Crippen molar-refractivity contribution in [1.82, 2.24) is 10.0 Å². The molecule has 1 aromatic carbocycles. The molecule has 1 saturated carbocycles. The van der Waals surface area contributed by atoms with Gasteiger partial charge in [0.2, 0.25) is 10.0 Å². The molecule has 2 N–H and O–H groups in total. The lowest BCUT2D eigenvalue weighted by Crippen LogP contribution is -2.27. The Morgan fingerprint density at radius 1 is 1.28 bits per heavy atom. The molecule has 0 aromatic heterocycles. The summed E-state index contributed by atoms with van der Waals surface area (Å²) in [4.78, 5) is 0.403. The van der Waals surface area contributed by atoms with Gasteiger partial charge in [-0.15, -0.1) is 0 Å². The van der Waals surface area contributed by atoms with Crippen LogP contribution < -0.4 is 10.0 Å². The highest BCUT2D eigenvalue weighted by molar-refractivity contribution is 7.89. The lowest BCUT2D eigenvalue weighted by atomic mass is 10.2. The first-order chi connectivity index (χ1) is 8.63. The number of nitrogens with one attached hydrogen (secondary N) is 2. The third-order valence-corrected chi connectivity index (χ3v) is 4.52. The van der Waals surface area contributed by atoms with Crippen LogP contribution in [0.1, 0.15) is 31.7 Å². The summed E-state index contributed by atoms with van der Waals surface area (Å²) in [6, 6.07) is 7.33. The molecule has 2 rings (SSSR count). The molecule has 0 bridgehead atoms. The van der Waals surface area contributed by atoms with Crippen molar-refractivity contribution in [2.75, 3.05) is 6.54 Å². The molecule has 0 amide bonds. The minimum atomic E-state index is -3.35. The van der Waals surface area contributed by atoms with E-state index in [4.69, 9.17) is 0 Å². The van der Waals surface area contributed by atoms with Crippen LogP contribution in [0.4, 0.5) is 0 Å². The highest BCUT2D eigenvalue weighted by Crippen LogP contribution is 2.23. The van der Waals surface area contributed by atoms with Gasteiger partial charge < -0.3 is 5.32 Å². The molecule has 1 fully saturated rings. The molecular formula is C13H20N2O2S. The van der Waals surface area contributed by atoms with Gasteiger partial charge >= 0.3 is 0 Å². The predicted octanol–water partition coefficient (Wildman–Crippen LogP) is 1.63. The maximum absolute atomic E-state index is 12.2. The van der Waals surface area contributed by atoms with Crippen LogP contribution in [0.5, 0.6) is 0 Å². The third kappa shape index (κ3) is 3.54. The molecule has 4 nitrogen and oxygen atoms in total. The number of hydrogen-bond donors (Lipinski definition) is 2. The van der Waals surface area contributed by atoms with E-state index >= 15 is 0 Å². The van der Waals surface area contributed by atoms with Gasteiger partial charge in [0.25, 0.3) is 0 Å². The van der Waals surface area contributed by atoms with Crippen LogP contribution in [0.25, 0.3) is 0 Å². The molecule has 0 saturated heterocycles. The highest BCUT2D eigenvalue weighted by Gasteiger charge is 2.28. The van der Waals surface area contributed by atoms with Gasteiger partial charge in [-0.2, -0.15) is 0 Å². The number of hydrogen-bond acceptors (Lipinski definition) is 3. The topological polar surface area (TPSA) is 58.2 Å². The van der Waals surface area contributed by atoms with Crippen molar-refractivity contribution >= 4 is 10.0 Å². The van der Waals surface area contributed by atoms with Crippen molar-refractivity contribution in [2.24, 2.45) is 0 Å². The van der Waals surface area contributed by atoms with Crippen LogP contribution >= 0.6 is 0 Å². The molecule has 0 spiro atoms. The zero-order valence-electron chi connectivity index (χ0n) is 10.6. The van der Waals surface area contributed by atoms with Crippen molar-refractivity contribution in [3.63, 3.8) is 0 Å². The minimum absolute atomic E-state index is 0.145. The first-order valence-corrected chi connectivity index (χ1v) is 7.93. The van der Waals surface area contributed by atoms with Crippen LogP contribution in [-0.4, -0.2) is 21.0 Å². The van der Waals surface area contributed by atoms with E-state index in [0.29, 0.717) is 11.4 Å². The molecule has 1 aliphatic rings. The summed E-state index contributed by atoms with van der Waals surface area (Å²) in [7, 11) is -3.35.